The van der Waals surface area contributed by atoms with Gasteiger partial charge in [0.15, 0.2) is 0 Å². The summed E-state index contributed by atoms with van der Waals surface area (Å²) < 4.78 is 0. The van der Waals surface area contributed by atoms with Gasteiger partial charge in [-0.15, -0.1) is 0 Å². The molecule has 3 N–H and O–H groups in total. The fourth-order valence-corrected chi connectivity index (χ4v) is 2.67. The summed E-state index contributed by atoms with van der Waals surface area (Å²) in [5.41, 5.74) is 5.53. The van der Waals surface area contributed by atoms with Gasteiger partial charge in [-0.1, -0.05) is 6.07 Å². The Morgan fingerprint density at radius 2 is 2.05 bits per heavy atom. The van der Waals surface area contributed by atoms with Crippen LogP contribution in [0.1, 0.15) is 11.3 Å². The number of anilines is 1. The summed E-state index contributed by atoms with van der Waals surface area (Å²) in [5, 5.41) is 5.81. The lowest BCUT2D eigenvalue weighted by Crippen LogP contribution is -1.99. The number of fused-ring (bicyclic) bond motifs is 2. The SMILES string of the molecule is Cc1cc2cc(NCc3ccc4[nH]ccc4c3)cnc2[nH]1. The van der Waals surface area contributed by atoms with Crippen molar-refractivity contribution < 1.29 is 0 Å². The van der Waals surface area contributed by atoms with E-state index in [9.17, 15) is 0 Å². The molecule has 0 saturated carbocycles. The van der Waals surface area contributed by atoms with E-state index in [2.05, 4.69) is 56.7 Å². The molecule has 0 unspecified atom stereocenters. The number of aryl methyl sites for hydroxylation is 1. The second-order valence-electron chi connectivity index (χ2n) is 5.37. The van der Waals surface area contributed by atoms with Gasteiger partial charge in [-0.2, -0.15) is 0 Å². The van der Waals surface area contributed by atoms with Gasteiger partial charge in [0.25, 0.3) is 0 Å². The zero-order chi connectivity index (χ0) is 14.2. The first kappa shape index (κ1) is 12.0. The Morgan fingerprint density at radius 1 is 1.10 bits per heavy atom. The summed E-state index contributed by atoms with van der Waals surface area (Å²) in [4.78, 5) is 10.9. The summed E-state index contributed by atoms with van der Waals surface area (Å²) in [6, 6.07) is 12.8. The van der Waals surface area contributed by atoms with Gasteiger partial charge in [0.1, 0.15) is 5.65 Å². The summed E-state index contributed by atoms with van der Waals surface area (Å²) in [6.45, 7) is 2.83. The van der Waals surface area contributed by atoms with Crippen LogP contribution in [0.4, 0.5) is 5.69 Å². The van der Waals surface area contributed by atoms with Crippen molar-refractivity contribution in [3.8, 4) is 0 Å². The highest BCUT2D eigenvalue weighted by atomic mass is 14.9. The van der Waals surface area contributed by atoms with Crippen LogP contribution in [0.3, 0.4) is 0 Å². The summed E-state index contributed by atoms with van der Waals surface area (Å²) >= 11 is 0. The number of nitrogens with one attached hydrogen (secondary N) is 3. The monoisotopic (exact) mass is 276 g/mol. The molecule has 21 heavy (non-hydrogen) atoms. The van der Waals surface area contributed by atoms with Crippen molar-refractivity contribution in [1.82, 2.24) is 15.0 Å². The quantitative estimate of drug-likeness (QED) is 0.530. The van der Waals surface area contributed by atoms with Crippen LogP contribution in [0.5, 0.6) is 0 Å². The van der Waals surface area contributed by atoms with E-state index < -0.39 is 0 Å². The Bertz CT molecular complexity index is 917. The Hall–Kier alpha value is -2.75. The molecule has 4 heteroatoms. The second kappa shape index (κ2) is 4.66. The number of aromatic amines is 2. The molecule has 4 aromatic rings. The predicted molar refractivity (Wildman–Crippen MR) is 86.5 cm³/mol. The maximum absolute atomic E-state index is 4.43. The van der Waals surface area contributed by atoms with Gasteiger partial charge in [-0.05, 0) is 48.2 Å². The molecule has 0 saturated heterocycles. The molecule has 3 heterocycles. The van der Waals surface area contributed by atoms with E-state index in [1.165, 1.54) is 16.5 Å². The second-order valence-corrected chi connectivity index (χ2v) is 5.37. The number of H-pyrrole nitrogens is 2. The third kappa shape index (κ3) is 2.25. The van der Waals surface area contributed by atoms with Crippen molar-refractivity contribution in [2.45, 2.75) is 13.5 Å². The average Bonchev–Trinajstić information content (AvgIpc) is 3.08. The lowest BCUT2D eigenvalue weighted by atomic mass is 10.1. The topological polar surface area (TPSA) is 56.5 Å². The van der Waals surface area contributed by atoms with E-state index in [1.54, 1.807) is 0 Å². The van der Waals surface area contributed by atoms with Crippen molar-refractivity contribution in [2.24, 2.45) is 0 Å². The molecule has 0 aliphatic rings. The third-order valence-corrected chi connectivity index (χ3v) is 3.72. The Labute approximate surface area is 122 Å². The van der Waals surface area contributed by atoms with Crippen LogP contribution in [0, 0.1) is 6.92 Å². The minimum absolute atomic E-state index is 0.789. The van der Waals surface area contributed by atoms with E-state index >= 15 is 0 Å². The highest BCUT2D eigenvalue weighted by molar-refractivity contribution is 5.81. The maximum atomic E-state index is 4.43. The number of aromatic nitrogens is 3. The smallest absolute Gasteiger partial charge is 0.137 e. The molecule has 0 fully saturated rings. The molecular formula is C17H16N4. The summed E-state index contributed by atoms with van der Waals surface area (Å²) in [6.07, 6.45) is 3.83. The van der Waals surface area contributed by atoms with Crippen LogP contribution >= 0.6 is 0 Å². The van der Waals surface area contributed by atoms with E-state index in [1.807, 2.05) is 19.3 Å². The first-order valence-corrected chi connectivity index (χ1v) is 7.03. The van der Waals surface area contributed by atoms with E-state index in [0.717, 1.165) is 29.0 Å². The van der Waals surface area contributed by atoms with E-state index in [-0.39, 0.29) is 0 Å². The van der Waals surface area contributed by atoms with Gasteiger partial charge in [0.2, 0.25) is 0 Å². The molecule has 4 rings (SSSR count). The van der Waals surface area contributed by atoms with Gasteiger partial charge >= 0.3 is 0 Å². The minimum Gasteiger partial charge on any atom is -0.380 e. The zero-order valence-corrected chi connectivity index (χ0v) is 11.8. The first-order chi connectivity index (χ1) is 10.3. The minimum atomic E-state index is 0.789. The molecular weight excluding hydrogens is 260 g/mol. The molecule has 3 aromatic heterocycles. The largest absolute Gasteiger partial charge is 0.380 e. The highest BCUT2D eigenvalue weighted by Gasteiger charge is 2.02. The average molecular weight is 276 g/mol. The summed E-state index contributed by atoms with van der Waals surface area (Å²) in [7, 11) is 0. The maximum Gasteiger partial charge on any atom is 0.137 e. The Kier molecular flexibility index (Phi) is 2.67. The number of pyridine rings is 1. The van der Waals surface area contributed by atoms with Crippen LogP contribution in [0.25, 0.3) is 21.9 Å². The van der Waals surface area contributed by atoms with Gasteiger partial charge < -0.3 is 15.3 Å². The molecule has 4 nitrogen and oxygen atoms in total. The number of benzene rings is 1. The molecule has 0 spiro atoms. The number of hydrogen-bond acceptors (Lipinski definition) is 2. The zero-order valence-electron chi connectivity index (χ0n) is 11.8. The van der Waals surface area contributed by atoms with E-state index in [0.29, 0.717) is 0 Å². The predicted octanol–water partition coefficient (Wildman–Crippen LogP) is 3.96. The fraction of sp³-hybridized carbons (Fsp3) is 0.118. The van der Waals surface area contributed by atoms with Crippen LogP contribution in [-0.4, -0.2) is 15.0 Å². The van der Waals surface area contributed by atoms with Gasteiger partial charge in [-0.3, -0.25) is 0 Å². The molecule has 0 radical (unpaired) electrons. The lowest BCUT2D eigenvalue weighted by molar-refractivity contribution is 1.15. The molecule has 0 aliphatic heterocycles. The van der Waals surface area contributed by atoms with Crippen molar-refractivity contribution in [2.75, 3.05) is 5.32 Å². The normalized spacial score (nSPS) is 11.3. The molecule has 104 valence electrons. The number of rotatable bonds is 3. The molecule has 0 bridgehead atoms. The Balaban J connectivity index is 1.56. The molecule has 0 atom stereocenters. The fourth-order valence-electron chi connectivity index (χ4n) is 2.67. The van der Waals surface area contributed by atoms with Gasteiger partial charge in [-0.25, -0.2) is 4.98 Å². The van der Waals surface area contributed by atoms with E-state index in [4.69, 9.17) is 0 Å². The van der Waals surface area contributed by atoms with Crippen molar-refractivity contribution in [1.29, 1.82) is 0 Å². The van der Waals surface area contributed by atoms with Crippen LogP contribution in [0.15, 0.2) is 48.8 Å². The molecule has 1 aromatic carbocycles. The van der Waals surface area contributed by atoms with Crippen LogP contribution in [0.2, 0.25) is 0 Å². The lowest BCUT2D eigenvalue weighted by Gasteiger charge is -2.06. The molecule has 0 amide bonds. The number of hydrogen-bond donors (Lipinski definition) is 3. The van der Waals surface area contributed by atoms with Crippen LogP contribution in [-0.2, 0) is 6.54 Å². The van der Waals surface area contributed by atoms with Crippen molar-refractivity contribution >= 4 is 27.6 Å². The van der Waals surface area contributed by atoms with Crippen molar-refractivity contribution in [3.63, 3.8) is 0 Å². The summed E-state index contributed by atoms with van der Waals surface area (Å²) in [5.74, 6) is 0. The third-order valence-electron chi connectivity index (χ3n) is 3.72. The number of nitrogens with zero attached hydrogens (tertiary/aromatic N) is 1. The first-order valence-electron chi connectivity index (χ1n) is 7.03. The van der Waals surface area contributed by atoms with Gasteiger partial charge in [0.05, 0.1) is 11.9 Å². The van der Waals surface area contributed by atoms with Crippen molar-refractivity contribution in [3.05, 3.63) is 60.0 Å². The Morgan fingerprint density at radius 3 is 3.00 bits per heavy atom. The standard InChI is InChI=1S/C17H16N4/c1-11-6-14-8-15(10-20-17(14)21-11)19-9-12-2-3-16-13(7-12)4-5-18-16/h2-8,10,18-19H,9H2,1H3,(H,20,21). The molecule has 0 aliphatic carbocycles. The van der Waals surface area contributed by atoms with Crippen LogP contribution < -0.4 is 5.32 Å². The highest BCUT2D eigenvalue weighted by Crippen LogP contribution is 2.19. The van der Waals surface area contributed by atoms with Gasteiger partial charge in [0, 0.05) is 29.3 Å².